The van der Waals surface area contributed by atoms with Gasteiger partial charge >= 0.3 is 0 Å². The highest BCUT2D eigenvalue weighted by Crippen LogP contribution is 2.43. The molecule has 0 saturated carbocycles. The van der Waals surface area contributed by atoms with E-state index < -0.39 is 8.07 Å². The van der Waals surface area contributed by atoms with Gasteiger partial charge in [-0.3, -0.25) is 4.79 Å². The standard InChI is InChI=1S/C22H22O2Si/c1-13-10-17-16(18(11-13)24-2)12-19(25(3,4)5)21-20(17)14-8-6-7-9-15(14)22(21)23/h6-12H,1-5H3. The van der Waals surface area contributed by atoms with Gasteiger partial charge in [0.05, 0.1) is 15.2 Å². The van der Waals surface area contributed by atoms with Crippen molar-refractivity contribution in [3.8, 4) is 16.9 Å². The van der Waals surface area contributed by atoms with E-state index in [1.165, 1.54) is 5.19 Å². The molecule has 2 nitrogen and oxygen atoms in total. The Morgan fingerprint density at radius 1 is 0.880 bits per heavy atom. The highest BCUT2D eigenvalue weighted by Gasteiger charge is 2.35. The van der Waals surface area contributed by atoms with Crippen molar-refractivity contribution < 1.29 is 9.53 Å². The van der Waals surface area contributed by atoms with Crippen molar-refractivity contribution in [2.24, 2.45) is 0 Å². The molecule has 3 heteroatoms. The zero-order valence-electron chi connectivity index (χ0n) is 15.4. The minimum atomic E-state index is -1.71. The normalized spacial score (nSPS) is 13.1. The zero-order chi connectivity index (χ0) is 17.9. The van der Waals surface area contributed by atoms with Crippen LogP contribution in [0, 0.1) is 6.92 Å². The van der Waals surface area contributed by atoms with Crippen LogP contribution in [0.1, 0.15) is 21.5 Å². The first-order valence-electron chi connectivity index (χ1n) is 8.63. The van der Waals surface area contributed by atoms with Crippen LogP contribution in [0.4, 0.5) is 0 Å². The number of benzene rings is 3. The van der Waals surface area contributed by atoms with E-state index in [2.05, 4.69) is 50.8 Å². The average molecular weight is 347 g/mol. The molecule has 3 aromatic rings. The lowest BCUT2D eigenvalue weighted by molar-refractivity contribution is 0.104. The van der Waals surface area contributed by atoms with E-state index in [9.17, 15) is 4.79 Å². The van der Waals surface area contributed by atoms with Crippen LogP contribution in [0.15, 0.2) is 42.5 Å². The Kier molecular flexibility index (Phi) is 3.41. The van der Waals surface area contributed by atoms with Crippen molar-refractivity contribution in [3.63, 3.8) is 0 Å². The summed E-state index contributed by atoms with van der Waals surface area (Å²) in [5.74, 6) is 1.06. The molecule has 0 aromatic heterocycles. The Bertz CT molecular complexity index is 1040. The fourth-order valence-electron chi connectivity index (χ4n) is 3.92. The molecule has 0 spiro atoms. The molecule has 0 amide bonds. The van der Waals surface area contributed by atoms with E-state index >= 15 is 0 Å². The number of hydrogen-bond acceptors (Lipinski definition) is 2. The van der Waals surface area contributed by atoms with Crippen molar-refractivity contribution in [1.82, 2.24) is 0 Å². The van der Waals surface area contributed by atoms with E-state index in [0.717, 1.165) is 44.3 Å². The number of carbonyl (C=O) groups excluding carboxylic acids is 1. The van der Waals surface area contributed by atoms with Gasteiger partial charge in [0, 0.05) is 22.1 Å². The molecule has 1 aliphatic rings. The summed E-state index contributed by atoms with van der Waals surface area (Å²) in [6.45, 7) is 8.96. The number of hydrogen-bond donors (Lipinski definition) is 0. The molecule has 25 heavy (non-hydrogen) atoms. The van der Waals surface area contributed by atoms with Gasteiger partial charge in [0.1, 0.15) is 5.75 Å². The zero-order valence-corrected chi connectivity index (χ0v) is 16.4. The van der Waals surface area contributed by atoms with Crippen LogP contribution in [-0.4, -0.2) is 21.0 Å². The van der Waals surface area contributed by atoms with Gasteiger partial charge in [0.15, 0.2) is 5.78 Å². The molecule has 0 atom stereocenters. The number of aryl methyl sites for hydroxylation is 1. The van der Waals surface area contributed by atoms with Crippen molar-refractivity contribution >= 4 is 29.8 Å². The lowest BCUT2D eigenvalue weighted by atomic mass is 9.95. The second-order valence-corrected chi connectivity index (χ2v) is 12.9. The van der Waals surface area contributed by atoms with Gasteiger partial charge in [-0.15, -0.1) is 0 Å². The third-order valence-electron chi connectivity index (χ3n) is 5.06. The van der Waals surface area contributed by atoms with Gasteiger partial charge in [-0.05, 0) is 34.7 Å². The van der Waals surface area contributed by atoms with Crippen molar-refractivity contribution in [3.05, 3.63) is 59.2 Å². The van der Waals surface area contributed by atoms with Crippen LogP contribution in [0.25, 0.3) is 21.9 Å². The largest absolute Gasteiger partial charge is 0.496 e. The quantitative estimate of drug-likeness (QED) is 0.482. The molecule has 0 bridgehead atoms. The number of ketones is 1. The van der Waals surface area contributed by atoms with Crippen LogP contribution in [0.3, 0.4) is 0 Å². The molecule has 126 valence electrons. The van der Waals surface area contributed by atoms with Crippen molar-refractivity contribution in [2.75, 3.05) is 7.11 Å². The minimum Gasteiger partial charge on any atom is -0.496 e. The highest BCUT2D eigenvalue weighted by molar-refractivity contribution is 6.90. The maximum Gasteiger partial charge on any atom is 0.194 e. The molecule has 1 aliphatic carbocycles. The number of carbonyl (C=O) groups is 1. The van der Waals surface area contributed by atoms with Gasteiger partial charge in [-0.2, -0.15) is 0 Å². The molecular weight excluding hydrogens is 324 g/mol. The minimum absolute atomic E-state index is 0.172. The highest BCUT2D eigenvalue weighted by atomic mass is 28.3. The molecule has 0 fully saturated rings. The molecule has 3 aromatic carbocycles. The van der Waals surface area contributed by atoms with Crippen LogP contribution >= 0.6 is 0 Å². The average Bonchev–Trinajstić information content (AvgIpc) is 2.86. The predicted molar refractivity (Wildman–Crippen MR) is 107 cm³/mol. The topological polar surface area (TPSA) is 26.3 Å². The summed E-state index contributed by atoms with van der Waals surface area (Å²) in [5, 5.41) is 3.44. The van der Waals surface area contributed by atoms with E-state index in [1.807, 2.05) is 18.2 Å². The van der Waals surface area contributed by atoms with Crippen molar-refractivity contribution in [1.29, 1.82) is 0 Å². The molecular formula is C22H22O2Si. The van der Waals surface area contributed by atoms with Crippen LogP contribution in [0.5, 0.6) is 5.75 Å². The fourth-order valence-corrected chi connectivity index (χ4v) is 5.48. The van der Waals surface area contributed by atoms with Gasteiger partial charge in [0.2, 0.25) is 0 Å². The second-order valence-electron chi connectivity index (χ2n) is 7.86. The summed E-state index contributed by atoms with van der Waals surface area (Å²) in [5.41, 5.74) is 5.03. The Morgan fingerprint density at radius 3 is 2.20 bits per heavy atom. The smallest absolute Gasteiger partial charge is 0.194 e. The van der Waals surface area contributed by atoms with Crippen molar-refractivity contribution in [2.45, 2.75) is 26.6 Å². The van der Waals surface area contributed by atoms with Gasteiger partial charge in [-0.1, -0.05) is 56.0 Å². The van der Waals surface area contributed by atoms with E-state index in [4.69, 9.17) is 4.74 Å². The Balaban J connectivity index is 2.26. The third kappa shape index (κ3) is 2.26. The second kappa shape index (κ2) is 5.30. The maximum absolute atomic E-state index is 13.2. The summed E-state index contributed by atoms with van der Waals surface area (Å²) in [6, 6.07) is 14.5. The summed E-state index contributed by atoms with van der Waals surface area (Å²) < 4.78 is 5.68. The SMILES string of the molecule is COc1cc(C)cc2c3c(c([Si](C)(C)C)cc12)C(=O)c1ccccc1-3. The molecule has 0 radical (unpaired) electrons. The molecule has 4 rings (SSSR count). The van der Waals surface area contributed by atoms with E-state index in [1.54, 1.807) is 7.11 Å². The number of ether oxygens (including phenoxy) is 1. The fraction of sp³-hybridized carbons (Fsp3) is 0.227. The predicted octanol–water partition coefficient (Wildman–Crippen LogP) is 4.91. The molecule has 0 aliphatic heterocycles. The first-order valence-corrected chi connectivity index (χ1v) is 12.1. The molecule has 0 N–H and O–H groups in total. The van der Waals surface area contributed by atoms with Gasteiger partial charge in [0.25, 0.3) is 0 Å². The number of rotatable bonds is 2. The summed E-state index contributed by atoms with van der Waals surface area (Å²) >= 11 is 0. The molecule has 0 saturated heterocycles. The summed E-state index contributed by atoms with van der Waals surface area (Å²) in [7, 11) is 0.00289. The lowest BCUT2D eigenvalue weighted by Gasteiger charge is -2.22. The summed E-state index contributed by atoms with van der Waals surface area (Å²) in [6.07, 6.45) is 0. The maximum atomic E-state index is 13.2. The summed E-state index contributed by atoms with van der Waals surface area (Å²) in [4.78, 5) is 13.2. The van der Waals surface area contributed by atoms with Gasteiger partial charge in [-0.25, -0.2) is 0 Å². The van der Waals surface area contributed by atoms with Crippen LogP contribution in [0.2, 0.25) is 19.6 Å². The van der Waals surface area contributed by atoms with Gasteiger partial charge < -0.3 is 4.74 Å². The van der Waals surface area contributed by atoms with E-state index in [-0.39, 0.29) is 5.78 Å². The Labute approximate surface area is 149 Å². The number of fused-ring (bicyclic) bond motifs is 5. The third-order valence-corrected chi connectivity index (χ3v) is 7.07. The lowest BCUT2D eigenvalue weighted by Crippen LogP contribution is -2.41. The Hall–Kier alpha value is -2.39. The monoisotopic (exact) mass is 346 g/mol. The molecule has 0 unspecified atom stereocenters. The van der Waals surface area contributed by atoms with E-state index in [0.29, 0.717) is 0 Å². The Morgan fingerprint density at radius 2 is 1.56 bits per heavy atom. The molecule has 0 heterocycles. The number of methoxy groups -OCH3 is 1. The van der Waals surface area contributed by atoms with Crippen LogP contribution in [-0.2, 0) is 0 Å². The van der Waals surface area contributed by atoms with Crippen LogP contribution < -0.4 is 9.92 Å². The first-order chi connectivity index (χ1) is 11.8. The first kappa shape index (κ1) is 16.1.